The Morgan fingerprint density at radius 2 is 1.62 bits per heavy atom. The van der Waals surface area contributed by atoms with Crippen molar-refractivity contribution in [2.24, 2.45) is 11.8 Å². The monoisotopic (exact) mass is 317 g/mol. The lowest BCUT2D eigenvalue weighted by Gasteiger charge is -2.30. The van der Waals surface area contributed by atoms with Gasteiger partial charge in [-0.25, -0.2) is 0 Å². The van der Waals surface area contributed by atoms with Crippen LogP contribution in [0.1, 0.15) is 44.1 Å². The van der Waals surface area contributed by atoms with Crippen LogP contribution < -0.4 is 0 Å². The molecule has 1 heteroatoms. The highest BCUT2D eigenvalue weighted by molar-refractivity contribution is 5.87. The number of hydrogen-bond acceptors (Lipinski definition) is 1. The first-order valence-electron chi connectivity index (χ1n) is 9.83. The maximum Gasteiger partial charge on any atom is 0.0201 e. The molecule has 0 aromatic heterocycles. The molecule has 1 aliphatic heterocycles. The van der Waals surface area contributed by atoms with E-state index < -0.39 is 0 Å². The number of likely N-dealkylation sites (tertiary alicyclic amines) is 1. The number of allylic oxidation sites excluding steroid dienone is 1. The molecule has 1 heterocycles. The van der Waals surface area contributed by atoms with E-state index in [1.807, 2.05) is 0 Å². The molecule has 1 saturated heterocycles. The number of rotatable bonds is 3. The average Bonchev–Trinajstić information content (AvgIpc) is 3.24. The molecule has 1 nitrogen and oxygen atoms in total. The van der Waals surface area contributed by atoms with Crippen LogP contribution in [0.3, 0.4) is 0 Å². The standard InChI is InChI=1S/C23H27N/c1-4-12-24(13-5-1)16-22-19-9-11-21(15-19)23(22)20-10-8-17-6-2-3-7-18(17)14-20/h2-3,6-8,10,14,19,21H,1,4-5,9,11-13,15-16H2. The lowest BCUT2D eigenvalue weighted by molar-refractivity contribution is 0.241. The summed E-state index contributed by atoms with van der Waals surface area (Å²) in [7, 11) is 0. The molecule has 2 unspecified atom stereocenters. The Bertz CT molecular complexity index is 781. The summed E-state index contributed by atoms with van der Waals surface area (Å²) in [5, 5.41) is 2.75. The zero-order valence-electron chi connectivity index (χ0n) is 14.5. The topological polar surface area (TPSA) is 3.24 Å². The van der Waals surface area contributed by atoms with E-state index in [1.54, 1.807) is 11.1 Å². The number of benzene rings is 2. The van der Waals surface area contributed by atoms with Gasteiger partial charge in [-0.3, -0.25) is 4.90 Å². The van der Waals surface area contributed by atoms with Gasteiger partial charge in [-0.05, 0) is 90.6 Å². The summed E-state index contributed by atoms with van der Waals surface area (Å²) in [6.45, 7) is 3.86. The SMILES string of the molecule is c1ccc2cc(C3=C(CN4CCCCC4)C4CCC3C4)ccc2c1. The van der Waals surface area contributed by atoms with Gasteiger partial charge in [0.15, 0.2) is 0 Å². The van der Waals surface area contributed by atoms with E-state index in [0.717, 1.165) is 11.8 Å². The van der Waals surface area contributed by atoms with Crippen LogP contribution in [0.25, 0.3) is 16.3 Å². The summed E-state index contributed by atoms with van der Waals surface area (Å²) in [5.74, 6) is 1.70. The Balaban J connectivity index is 1.53. The van der Waals surface area contributed by atoms with Gasteiger partial charge in [0.1, 0.15) is 0 Å². The Labute approximate surface area is 145 Å². The first-order chi connectivity index (χ1) is 11.9. The summed E-state index contributed by atoms with van der Waals surface area (Å²) in [5.41, 5.74) is 5.03. The van der Waals surface area contributed by atoms with Crippen molar-refractivity contribution in [3.8, 4) is 0 Å². The predicted molar refractivity (Wildman–Crippen MR) is 102 cm³/mol. The second kappa shape index (κ2) is 6.04. The van der Waals surface area contributed by atoms with Gasteiger partial charge in [0, 0.05) is 6.54 Å². The quantitative estimate of drug-likeness (QED) is 0.721. The minimum atomic E-state index is 0.830. The van der Waals surface area contributed by atoms with Crippen LogP contribution in [-0.2, 0) is 0 Å². The zero-order valence-corrected chi connectivity index (χ0v) is 14.5. The Hall–Kier alpha value is -1.60. The highest BCUT2D eigenvalue weighted by Crippen LogP contribution is 2.52. The maximum absolute atomic E-state index is 2.72. The minimum Gasteiger partial charge on any atom is -0.299 e. The number of nitrogens with zero attached hydrogens (tertiary/aromatic N) is 1. The molecule has 24 heavy (non-hydrogen) atoms. The van der Waals surface area contributed by atoms with Crippen LogP contribution >= 0.6 is 0 Å². The van der Waals surface area contributed by atoms with Gasteiger partial charge in [-0.1, -0.05) is 42.8 Å². The van der Waals surface area contributed by atoms with E-state index in [2.05, 4.69) is 47.4 Å². The van der Waals surface area contributed by atoms with Crippen LogP contribution in [0.4, 0.5) is 0 Å². The summed E-state index contributed by atoms with van der Waals surface area (Å²) in [6, 6.07) is 15.9. The van der Waals surface area contributed by atoms with Crippen molar-refractivity contribution in [1.82, 2.24) is 4.90 Å². The van der Waals surface area contributed by atoms with Crippen LogP contribution in [-0.4, -0.2) is 24.5 Å². The molecule has 3 aliphatic rings. The molecule has 0 amide bonds. The molecule has 5 rings (SSSR count). The Kier molecular flexibility index (Phi) is 3.70. The first kappa shape index (κ1) is 14.7. The van der Waals surface area contributed by atoms with Gasteiger partial charge >= 0.3 is 0 Å². The summed E-state index contributed by atoms with van der Waals surface area (Å²) >= 11 is 0. The minimum absolute atomic E-state index is 0.830. The van der Waals surface area contributed by atoms with E-state index in [4.69, 9.17) is 0 Å². The van der Waals surface area contributed by atoms with Crippen molar-refractivity contribution in [3.63, 3.8) is 0 Å². The lowest BCUT2D eigenvalue weighted by atomic mass is 9.86. The van der Waals surface area contributed by atoms with Crippen LogP contribution in [0.5, 0.6) is 0 Å². The third-order valence-electron chi connectivity index (χ3n) is 6.58. The molecular weight excluding hydrogens is 290 g/mol. The summed E-state index contributed by atoms with van der Waals surface area (Å²) in [6.07, 6.45) is 8.49. The van der Waals surface area contributed by atoms with Gasteiger partial charge in [-0.15, -0.1) is 0 Å². The Morgan fingerprint density at radius 3 is 2.50 bits per heavy atom. The summed E-state index contributed by atoms with van der Waals surface area (Å²) in [4.78, 5) is 2.72. The smallest absolute Gasteiger partial charge is 0.0201 e. The van der Waals surface area contributed by atoms with E-state index in [1.165, 1.54) is 74.5 Å². The molecule has 2 aliphatic carbocycles. The molecule has 0 radical (unpaired) electrons. The van der Waals surface area contributed by atoms with Crippen molar-refractivity contribution in [1.29, 1.82) is 0 Å². The van der Waals surface area contributed by atoms with E-state index in [-0.39, 0.29) is 0 Å². The van der Waals surface area contributed by atoms with Crippen molar-refractivity contribution < 1.29 is 0 Å². The van der Waals surface area contributed by atoms with Gasteiger partial charge in [-0.2, -0.15) is 0 Å². The fraction of sp³-hybridized carbons (Fsp3) is 0.478. The molecule has 0 N–H and O–H groups in total. The highest BCUT2D eigenvalue weighted by atomic mass is 15.1. The van der Waals surface area contributed by atoms with E-state index in [0.29, 0.717) is 0 Å². The largest absolute Gasteiger partial charge is 0.299 e. The first-order valence-corrected chi connectivity index (χ1v) is 9.83. The van der Waals surface area contributed by atoms with Crippen LogP contribution in [0.15, 0.2) is 48.0 Å². The molecular formula is C23H27N. The number of fused-ring (bicyclic) bond motifs is 3. The molecule has 2 atom stereocenters. The maximum atomic E-state index is 2.72. The second-order valence-electron chi connectivity index (χ2n) is 8.04. The normalized spacial score (nSPS) is 27.3. The molecule has 2 aromatic carbocycles. The van der Waals surface area contributed by atoms with Gasteiger partial charge in [0.2, 0.25) is 0 Å². The fourth-order valence-corrected chi connectivity index (χ4v) is 5.39. The van der Waals surface area contributed by atoms with E-state index in [9.17, 15) is 0 Å². The molecule has 2 bridgehead atoms. The Morgan fingerprint density at radius 1 is 0.833 bits per heavy atom. The molecule has 0 spiro atoms. The van der Waals surface area contributed by atoms with E-state index >= 15 is 0 Å². The molecule has 124 valence electrons. The predicted octanol–water partition coefficient (Wildman–Crippen LogP) is 5.51. The van der Waals surface area contributed by atoms with Crippen molar-refractivity contribution in [3.05, 3.63) is 53.6 Å². The average molecular weight is 317 g/mol. The third-order valence-corrected chi connectivity index (χ3v) is 6.58. The van der Waals surface area contributed by atoms with Crippen molar-refractivity contribution >= 4 is 16.3 Å². The van der Waals surface area contributed by atoms with Crippen molar-refractivity contribution in [2.75, 3.05) is 19.6 Å². The lowest BCUT2D eigenvalue weighted by Crippen LogP contribution is -2.32. The van der Waals surface area contributed by atoms with Crippen LogP contribution in [0.2, 0.25) is 0 Å². The fourth-order valence-electron chi connectivity index (χ4n) is 5.39. The number of hydrogen-bond donors (Lipinski definition) is 0. The number of piperidine rings is 1. The summed E-state index contributed by atoms with van der Waals surface area (Å²) < 4.78 is 0. The van der Waals surface area contributed by atoms with Gasteiger partial charge < -0.3 is 0 Å². The van der Waals surface area contributed by atoms with Crippen LogP contribution in [0, 0.1) is 11.8 Å². The van der Waals surface area contributed by atoms with Crippen molar-refractivity contribution in [2.45, 2.75) is 38.5 Å². The highest BCUT2D eigenvalue weighted by Gasteiger charge is 2.39. The molecule has 2 fully saturated rings. The third kappa shape index (κ3) is 2.50. The molecule has 2 aromatic rings. The molecule has 1 saturated carbocycles. The van der Waals surface area contributed by atoms with Gasteiger partial charge in [0.25, 0.3) is 0 Å². The second-order valence-corrected chi connectivity index (χ2v) is 8.04. The zero-order chi connectivity index (χ0) is 15.9. The van der Waals surface area contributed by atoms with Gasteiger partial charge in [0.05, 0.1) is 0 Å².